The van der Waals surface area contributed by atoms with E-state index in [-0.39, 0.29) is 0 Å². The molecule has 0 aliphatic rings. The van der Waals surface area contributed by atoms with Gasteiger partial charge in [-0.2, -0.15) is 0 Å². The molecule has 0 aliphatic carbocycles. The Balaban J connectivity index is 3.90. The number of amides is 1. The molecule has 1 aromatic rings. The van der Waals surface area contributed by atoms with Crippen LogP contribution in [0.2, 0.25) is 24.7 Å². The van der Waals surface area contributed by atoms with E-state index < -0.39 is 14.0 Å². The third-order valence-electron chi connectivity index (χ3n) is 3.63. The molecule has 0 bridgehead atoms. The lowest BCUT2D eigenvalue weighted by molar-refractivity contribution is 0.100. The van der Waals surface area contributed by atoms with Crippen LogP contribution in [0.3, 0.4) is 0 Å². The predicted molar refractivity (Wildman–Crippen MR) is 86.4 cm³/mol. The fraction of sp³-hybridized carbons (Fsp3) is 0.533. The lowest BCUT2D eigenvalue weighted by Crippen LogP contribution is -2.45. The molecule has 4 heteroatoms. The van der Waals surface area contributed by atoms with Gasteiger partial charge in [-0.1, -0.05) is 45.1 Å². The summed E-state index contributed by atoms with van der Waals surface area (Å²) in [5, 5.41) is 1.70. The van der Waals surface area contributed by atoms with Gasteiger partial charge >= 0.3 is 0 Å². The Morgan fingerprint density at radius 2 is 1.63 bits per heavy atom. The molecule has 1 aromatic carbocycles. The van der Waals surface area contributed by atoms with Crippen LogP contribution >= 0.6 is 11.6 Å². The van der Waals surface area contributed by atoms with Crippen LogP contribution in [0.25, 0.3) is 0 Å². The molecule has 1 rings (SSSR count). The molecule has 106 valence electrons. The molecule has 0 atom stereocenters. The number of hydrogen-bond donors (Lipinski definition) is 1. The third kappa shape index (κ3) is 2.87. The number of carbonyl (C=O) groups is 1. The van der Waals surface area contributed by atoms with Crippen molar-refractivity contribution in [2.45, 2.75) is 53.3 Å². The largest absolute Gasteiger partial charge is 0.366 e. The smallest absolute Gasteiger partial charge is 0.250 e. The van der Waals surface area contributed by atoms with Crippen LogP contribution in [-0.4, -0.2) is 14.0 Å². The van der Waals surface area contributed by atoms with E-state index in [0.717, 1.165) is 23.6 Å². The van der Waals surface area contributed by atoms with Crippen molar-refractivity contribution in [1.82, 2.24) is 0 Å². The predicted octanol–water partition coefficient (Wildman–Crippen LogP) is 3.42. The lowest BCUT2D eigenvalue weighted by atomic mass is 9.94. The third-order valence-corrected chi connectivity index (χ3v) is 6.17. The lowest BCUT2D eigenvalue weighted by Gasteiger charge is -2.27. The number of nitrogens with two attached hydrogens (primary N) is 1. The second-order valence-corrected chi connectivity index (χ2v) is 11.3. The van der Waals surface area contributed by atoms with Crippen LogP contribution in [0.1, 0.15) is 40.9 Å². The van der Waals surface area contributed by atoms with Crippen molar-refractivity contribution in [3.8, 4) is 0 Å². The van der Waals surface area contributed by atoms with Crippen molar-refractivity contribution in [2.24, 2.45) is 5.73 Å². The Morgan fingerprint density at radius 3 is 1.95 bits per heavy atom. The number of primary amides is 1. The summed E-state index contributed by atoms with van der Waals surface area (Å²) in [6.45, 7) is 13.0. The normalized spacial score (nSPS) is 11.7. The molecule has 0 aromatic heterocycles. The van der Waals surface area contributed by atoms with E-state index >= 15 is 0 Å². The van der Waals surface area contributed by atoms with E-state index in [1.165, 1.54) is 11.1 Å². The van der Waals surface area contributed by atoms with Crippen molar-refractivity contribution < 1.29 is 4.79 Å². The first-order valence-corrected chi connectivity index (χ1v) is 10.7. The Labute approximate surface area is 122 Å². The van der Waals surface area contributed by atoms with E-state index in [0.29, 0.717) is 10.6 Å². The number of benzene rings is 1. The molecule has 0 fully saturated rings. The highest BCUT2D eigenvalue weighted by atomic mass is 35.5. The molecule has 0 radical (unpaired) electrons. The molecule has 0 saturated heterocycles. The summed E-state index contributed by atoms with van der Waals surface area (Å²) in [7, 11) is -1.69. The van der Waals surface area contributed by atoms with Crippen molar-refractivity contribution in [2.75, 3.05) is 0 Å². The first kappa shape index (κ1) is 16.3. The van der Waals surface area contributed by atoms with Gasteiger partial charge in [-0.05, 0) is 41.6 Å². The van der Waals surface area contributed by atoms with E-state index in [4.69, 9.17) is 17.3 Å². The van der Waals surface area contributed by atoms with Crippen molar-refractivity contribution >= 4 is 30.8 Å². The SMILES string of the molecule is CCc1c(C)c([Si](C)(C)C)c(C(N)=O)c(Cl)c1CC. The molecule has 0 aliphatic heterocycles. The zero-order chi connectivity index (χ0) is 15.0. The maximum absolute atomic E-state index is 11.9. The van der Waals surface area contributed by atoms with Gasteiger partial charge in [0.1, 0.15) is 0 Å². The fourth-order valence-corrected chi connectivity index (χ4v) is 5.76. The molecular formula is C15H24ClNOSi. The molecule has 2 nitrogen and oxygen atoms in total. The Hall–Kier alpha value is -0.803. The van der Waals surface area contributed by atoms with Gasteiger partial charge in [0.05, 0.1) is 18.7 Å². The number of hydrogen-bond acceptors (Lipinski definition) is 1. The van der Waals surface area contributed by atoms with Crippen LogP contribution in [0.4, 0.5) is 0 Å². The minimum absolute atomic E-state index is 0.400. The summed E-state index contributed by atoms with van der Waals surface area (Å²) in [6.07, 6.45) is 1.76. The summed E-state index contributed by atoms with van der Waals surface area (Å²) in [4.78, 5) is 11.9. The fourth-order valence-electron chi connectivity index (χ4n) is 2.97. The topological polar surface area (TPSA) is 43.1 Å². The average molecular weight is 298 g/mol. The Kier molecular flexibility index (Phi) is 4.85. The molecule has 1 amide bonds. The highest BCUT2D eigenvalue weighted by molar-refractivity contribution is 6.90. The maximum atomic E-state index is 11.9. The first-order chi connectivity index (χ1) is 8.66. The Bertz CT molecular complexity index is 518. The van der Waals surface area contributed by atoms with E-state index in [9.17, 15) is 4.79 Å². The van der Waals surface area contributed by atoms with Gasteiger partial charge in [-0.3, -0.25) is 4.79 Å². The average Bonchev–Trinajstić information content (AvgIpc) is 2.28. The molecule has 0 unspecified atom stereocenters. The molecule has 0 heterocycles. The molecule has 2 N–H and O–H groups in total. The van der Waals surface area contributed by atoms with Gasteiger partial charge in [0, 0.05) is 0 Å². The molecule has 0 spiro atoms. The second kappa shape index (κ2) is 5.67. The van der Waals surface area contributed by atoms with Crippen LogP contribution in [0.5, 0.6) is 0 Å². The second-order valence-electron chi connectivity index (χ2n) is 5.97. The number of halogens is 1. The van der Waals surface area contributed by atoms with Crippen LogP contribution in [0, 0.1) is 6.92 Å². The van der Waals surface area contributed by atoms with Gasteiger partial charge in [0.2, 0.25) is 5.91 Å². The summed E-state index contributed by atoms with van der Waals surface area (Å²) in [6, 6.07) is 0. The van der Waals surface area contributed by atoms with Gasteiger partial charge in [-0.15, -0.1) is 0 Å². The van der Waals surface area contributed by atoms with Crippen LogP contribution in [-0.2, 0) is 12.8 Å². The van der Waals surface area contributed by atoms with E-state index in [2.05, 4.69) is 40.4 Å². The monoisotopic (exact) mass is 297 g/mol. The summed E-state index contributed by atoms with van der Waals surface area (Å²) in [5.41, 5.74) is 9.74. The zero-order valence-corrected chi connectivity index (χ0v) is 14.5. The minimum atomic E-state index is -1.69. The van der Waals surface area contributed by atoms with Crippen LogP contribution in [0.15, 0.2) is 0 Å². The van der Waals surface area contributed by atoms with Gasteiger partial charge in [0.15, 0.2) is 0 Å². The summed E-state index contributed by atoms with van der Waals surface area (Å²) >= 11 is 6.49. The van der Waals surface area contributed by atoms with Crippen LogP contribution < -0.4 is 10.9 Å². The number of carbonyl (C=O) groups excluding carboxylic acids is 1. The van der Waals surface area contributed by atoms with Crippen molar-refractivity contribution in [3.05, 3.63) is 27.3 Å². The molecule has 19 heavy (non-hydrogen) atoms. The van der Waals surface area contributed by atoms with E-state index in [1.54, 1.807) is 0 Å². The maximum Gasteiger partial charge on any atom is 0.250 e. The molecule has 0 saturated carbocycles. The minimum Gasteiger partial charge on any atom is -0.366 e. The molecular weight excluding hydrogens is 274 g/mol. The Morgan fingerprint density at radius 1 is 1.16 bits per heavy atom. The quantitative estimate of drug-likeness (QED) is 0.850. The highest BCUT2D eigenvalue weighted by Gasteiger charge is 2.30. The summed E-state index contributed by atoms with van der Waals surface area (Å²) in [5.74, 6) is -0.400. The van der Waals surface area contributed by atoms with Crippen molar-refractivity contribution in [3.63, 3.8) is 0 Å². The van der Waals surface area contributed by atoms with Gasteiger partial charge in [0.25, 0.3) is 0 Å². The first-order valence-electron chi connectivity index (χ1n) is 6.80. The zero-order valence-electron chi connectivity index (χ0n) is 12.8. The standard InChI is InChI=1S/C15H24ClNOSi/c1-7-10-9(3)14(19(4,5)6)12(15(17)18)13(16)11(10)8-2/h7-8H2,1-6H3,(H2,17,18). The van der Waals surface area contributed by atoms with Gasteiger partial charge in [-0.25, -0.2) is 0 Å². The number of rotatable bonds is 4. The van der Waals surface area contributed by atoms with E-state index in [1.807, 2.05) is 0 Å². The summed E-state index contributed by atoms with van der Waals surface area (Å²) < 4.78 is 0. The van der Waals surface area contributed by atoms with Crippen molar-refractivity contribution in [1.29, 1.82) is 0 Å². The highest BCUT2D eigenvalue weighted by Crippen LogP contribution is 2.29. The van der Waals surface area contributed by atoms with Gasteiger partial charge < -0.3 is 5.73 Å².